The summed E-state index contributed by atoms with van der Waals surface area (Å²) in [6, 6.07) is 3.26. The topological polar surface area (TPSA) is 96.7 Å². The molecule has 0 amide bonds. The lowest BCUT2D eigenvalue weighted by Gasteiger charge is -2.47. The first-order valence-corrected chi connectivity index (χ1v) is 10.3. The number of aromatic nitrogens is 5. The Kier molecular flexibility index (Phi) is 3.72. The van der Waals surface area contributed by atoms with Gasteiger partial charge in [-0.2, -0.15) is 0 Å². The van der Waals surface area contributed by atoms with Crippen LogP contribution in [0, 0.1) is 23.6 Å². The van der Waals surface area contributed by atoms with Gasteiger partial charge in [-0.25, -0.2) is 19.3 Å². The first kappa shape index (κ1) is 17.6. The van der Waals surface area contributed by atoms with Gasteiger partial charge in [0.2, 0.25) is 0 Å². The fraction of sp³-hybridized carbons (Fsp3) is 0.364. The Hall–Kier alpha value is -3.29. The van der Waals surface area contributed by atoms with Gasteiger partial charge >= 0.3 is 5.97 Å². The molecule has 3 fully saturated rings. The highest BCUT2D eigenvalue weighted by molar-refractivity contribution is 5.92. The van der Waals surface area contributed by atoms with Crippen LogP contribution in [0.2, 0.25) is 0 Å². The Labute approximate surface area is 171 Å². The zero-order valence-corrected chi connectivity index (χ0v) is 16.1. The van der Waals surface area contributed by atoms with Crippen molar-refractivity contribution in [2.45, 2.75) is 31.7 Å². The predicted molar refractivity (Wildman–Crippen MR) is 108 cm³/mol. The second-order valence-corrected chi connectivity index (χ2v) is 8.48. The number of hydrogen-bond acceptors (Lipinski definition) is 4. The van der Waals surface area contributed by atoms with Crippen molar-refractivity contribution in [1.29, 1.82) is 0 Å². The molecule has 2 N–H and O–H groups in total. The van der Waals surface area contributed by atoms with Crippen molar-refractivity contribution in [1.82, 2.24) is 24.5 Å². The molecular formula is C22H20FN5O2. The van der Waals surface area contributed by atoms with Gasteiger partial charge < -0.3 is 14.7 Å². The Morgan fingerprint density at radius 3 is 2.77 bits per heavy atom. The third kappa shape index (κ3) is 2.49. The first-order valence-electron chi connectivity index (χ1n) is 10.3. The van der Waals surface area contributed by atoms with Crippen molar-refractivity contribution in [3.63, 3.8) is 0 Å². The van der Waals surface area contributed by atoms with Crippen LogP contribution in [0.25, 0.3) is 33.5 Å². The Morgan fingerprint density at radius 1 is 1.17 bits per heavy atom. The van der Waals surface area contributed by atoms with Gasteiger partial charge in [-0.1, -0.05) is 0 Å². The van der Waals surface area contributed by atoms with Crippen LogP contribution in [-0.4, -0.2) is 35.6 Å². The van der Waals surface area contributed by atoms with Crippen LogP contribution in [0.4, 0.5) is 4.39 Å². The first-order chi connectivity index (χ1) is 14.6. The van der Waals surface area contributed by atoms with Gasteiger partial charge in [0.15, 0.2) is 5.82 Å². The van der Waals surface area contributed by atoms with Gasteiger partial charge in [0.05, 0.1) is 18.2 Å². The van der Waals surface area contributed by atoms with E-state index in [0.29, 0.717) is 28.3 Å². The van der Waals surface area contributed by atoms with Crippen molar-refractivity contribution in [3.8, 4) is 11.4 Å². The maximum absolute atomic E-state index is 13.7. The largest absolute Gasteiger partial charge is 0.481 e. The highest BCUT2D eigenvalue weighted by atomic mass is 19.1. The quantitative estimate of drug-likeness (QED) is 0.533. The number of aromatic amines is 1. The van der Waals surface area contributed by atoms with Crippen LogP contribution in [0.1, 0.15) is 31.7 Å². The van der Waals surface area contributed by atoms with Crippen LogP contribution in [0.15, 0.2) is 36.9 Å². The number of aliphatic carboxylic acids is 1. The van der Waals surface area contributed by atoms with Crippen LogP contribution in [-0.2, 0) is 4.79 Å². The van der Waals surface area contributed by atoms with Crippen LogP contribution in [0.3, 0.4) is 0 Å². The second-order valence-electron chi connectivity index (χ2n) is 8.48. The number of nitrogens with zero attached hydrogens (tertiary/aromatic N) is 4. The van der Waals surface area contributed by atoms with E-state index in [4.69, 9.17) is 4.98 Å². The maximum atomic E-state index is 13.7. The van der Waals surface area contributed by atoms with Crippen molar-refractivity contribution in [2.24, 2.45) is 17.8 Å². The minimum Gasteiger partial charge on any atom is -0.481 e. The Balaban J connectivity index is 1.50. The number of hydrogen-bond donors (Lipinski definition) is 2. The summed E-state index contributed by atoms with van der Waals surface area (Å²) in [4.78, 5) is 28.5. The van der Waals surface area contributed by atoms with Gasteiger partial charge in [0, 0.05) is 34.9 Å². The number of carboxylic acids is 1. The molecular weight excluding hydrogens is 385 g/mol. The number of halogens is 1. The van der Waals surface area contributed by atoms with E-state index in [2.05, 4.69) is 15.0 Å². The fourth-order valence-corrected chi connectivity index (χ4v) is 5.64. The average molecular weight is 405 g/mol. The number of fused-ring (bicyclic) bond motifs is 5. The molecule has 7 rings (SSSR count). The highest BCUT2D eigenvalue weighted by Crippen LogP contribution is 2.52. The molecule has 4 aromatic heterocycles. The number of carboxylic acid groups (broad SMARTS) is 1. The van der Waals surface area contributed by atoms with Gasteiger partial charge in [0.1, 0.15) is 17.1 Å². The van der Waals surface area contributed by atoms with Gasteiger partial charge in [-0.05, 0) is 49.7 Å². The summed E-state index contributed by atoms with van der Waals surface area (Å²) in [7, 11) is 0. The van der Waals surface area contributed by atoms with Crippen molar-refractivity contribution >= 4 is 28.0 Å². The van der Waals surface area contributed by atoms with E-state index >= 15 is 0 Å². The molecule has 1 unspecified atom stereocenters. The van der Waals surface area contributed by atoms with Crippen LogP contribution >= 0.6 is 0 Å². The molecule has 152 valence electrons. The number of rotatable bonds is 3. The lowest BCUT2D eigenvalue weighted by Crippen LogP contribution is -2.44. The van der Waals surface area contributed by atoms with Gasteiger partial charge in [-0.15, -0.1) is 0 Å². The zero-order chi connectivity index (χ0) is 20.4. The lowest BCUT2D eigenvalue weighted by molar-refractivity contribution is -0.151. The van der Waals surface area contributed by atoms with E-state index in [-0.39, 0.29) is 12.0 Å². The molecule has 3 aliphatic carbocycles. The smallest absolute Gasteiger partial charge is 0.308 e. The molecule has 7 nitrogen and oxygen atoms in total. The summed E-state index contributed by atoms with van der Waals surface area (Å²) in [6.45, 7) is 0. The molecule has 0 aromatic carbocycles. The number of carbonyl (C=O) groups is 1. The maximum Gasteiger partial charge on any atom is 0.308 e. The fourth-order valence-electron chi connectivity index (χ4n) is 5.64. The standard InChI is InChI=1S/C22H20FN5O2/c23-14-7-15-16(10-26-19(15)25-9-14)20-24-8-13-5-6-28(21(13)27-20)18-12-3-1-11(2-4-12)17(18)22(29)30/h5-12,17-18H,1-4H2,(H,25,26)(H,29,30)/t11?,12?,17-,18?/m0/s1. The van der Waals surface area contributed by atoms with Crippen LogP contribution < -0.4 is 0 Å². The van der Waals surface area contributed by atoms with Gasteiger partial charge in [0.25, 0.3) is 0 Å². The number of H-pyrrole nitrogens is 1. The molecule has 4 heterocycles. The molecule has 0 spiro atoms. The summed E-state index contributed by atoms with van der Waals surface area (Å²) in [5.74, 6) is -0.499. The lowest BCUT2D eigenvalue weighted by atomic mass is 9.61. The SMILES string of the molecule is O=C(O)[C@H]1C2CCC(CC2)C1n1ccc2cnc(-c3c[nH]c4ncc(F)cc34)nc21. The molecule has 0 aliphatic heterocycles. The van der Waals surface area contributed by atoms with E-state index < -0.39 is 17.7 Å². The monoisotopic (exact) mass is 405 g/mol. The normalized spacial score (nSPS) is 25.9. The highest BCUT2D eigenvalue weighted by Gasteiger charge is 2.48. The molecule has 8 heteroatoms. The van der Waals surface area contributed by atoms with E-state index in [0.717, 1.165) is 36.7 Å². The molecule has 0 radical (unpaired) electrons. The summed E-state index contributed by atoms with van der Waals surface area (Å²) in [5.41, 5.74) is 1.97. The molecule has 2 atom stereocenters. The van der Waals surface area contributed by atoms with E-state index in [9.17, 15) is 14.3 Å². The third-order valence-corrected chi connectivity index (χ3v) is 6.98. The molecule has 3 aliphatic rings. The van der Waals surface area contributed by atoms with Crippen molar-refractivity contribution in [2.75, 3.05) is 0 Å². The zero-order valence-electron chi connectivity index (χ0n) is 16.1. The minimum absolute atomic E-state index is 0.0997. The van der Waals surface area contributed by atoms with E-state index in [1.54, 1.807) is 12.4 Å². The van der Waals surface area contributed by atoms with Crippen LogP contribution in [0.5, 0.6) is 0 Å². The minimum atomic E-state index is -0.719. The average Bonchev–Trinajstić information content (AvgIpc) is 3.37. The Bertz CT molecular complexity index is 1290. The third-order valence-electron chi connectivity index (χ3n) is 6.98. The van der Waals surface area contributed by atoms with E-state index in [1.165, 1.54) is 12.3 Å². The number of nitrogens with one attached hydrogen (secondary N) is 1. The number of pyridine rings is 1. The molecule has 4 aromatic rings. The molecule has 30 heavy (non-hydrogen) atoms. The molecule has 3 saturated carbocycles. The second kappa shape index (κ2) is 6.35. The molecule has 2 bridgehead atoms. The van der Waals surface area contributed by atoms with Crippen molar-refractivity contribution in [3.05, 3.63) is 42.7 Å². The van der Waals surface area contributed by atoms with E-state index in [1.807, 2.05) is 16.8 Å². The summed E-state index contributed by atoms with van der Waals surface area (Å²) in [5, 5.41) is 11.4. The van der Waals surface area contributed by atoms with Crippen molar-refractivity contribution < 1.29 is 14.3 Å². The summed E-state index contributed by atoms with van der Waals surface area (Å²) < 4.78 is 15.8. The Morgan fingerprint density at radius 2 is 1.97 bits per heavy atom. The predicted octanol–water partition coefficient (Wildman–Crippen LogP) is 4.18. The summed E-state index contributed by atoms with van der Waals surface area (Å²) >= 11 is 0. The molecule has 0 saturated heterocycles. The van der Waals surface area contributed by atoms with Gasteiger partial charge in [-0.3, -0.25) is 4.79 Å². The summed E-state index contributed by atoms with van der Waals surface area (Å²) in [6.07, 6.45) is 10.7.